The normalized spacial score (nSPS) is 17.4. The molecule has 1 heterocycles. The largest absolute Gasteiger partial charge is 0.376 e. The maximum absolute atomic E-state index is 13.9. The van der Waals surface area contributed by atoms with Crippen molar-refractivity contribution < 1.29 is 8.78 Å². The Morgan fingerprint density at radius 3 is 2.86 bits per heavy atom. The van der Waals surface area contributed by atoms with Crippen molar-refractivity contribution in [2.24, 2.45) is 0 Å². The van der Waals surface area contributed by atoms with Crippen LogP contribution >= 0.6 is 0 Å². The molecule has 1 atom stereocenters. The third kappa shape index (κ3) is 2.68. The second kappa shape index (κ2) is 5.31. The lowest BCUT2D eigenvalue weighted by atomic mass is 9.91. The van der Waals surface area contributed by atoms with Gasteiger partial charge in [0.25, 0.3) is 0 Å². The summed E-state index contributed by atoms with van der Waals surface area (Å²) >= 11 is 0. The van der Waals surface area contributed by atoms with Gasteiger partial charge in [0.2, 0.25) is 5.56 Å². The first-order chi connectivity index (χ1) is 10.0. The molecule has 0 saturated heterocycles. The van der Waals surface area contributed by atoms with Crippen molar-refractivity contribution in [3.8, 4) is 0 Å². The molecule has 2 aromatic rings. The molecule has 0 fully saturated rings. The molecular formula is C16H16F2N2O. The van der Waals surface area contributed by atoms with Crippen molar-refractivity contribution in [3.63, 3.8) is 0 Å². The second-order valence-corrected chi connectivity index (χ2v) is 5.43. The molecule has 1 aromatic heterocycles. The summed E-state index contributed by atoms with van der Waals surface area (Å²) in [5, 5.41) is 3.06. The second-order valence-electron chi connectivity index (χ2n) is 5.43. The first-order valence-electron chi connectivity index (χ1n) is 6.99. The molecule has 0 bridgehead atoms. The number of hydrogen-bond donors (Lipinski definition) is 2. The lowest BCUT2D eigenvalue weighted by Crippen LogP contribution is -2.22. The predicted molar refractivity (Wildman–Crippen MR) is 77.5 cm³/mol. The topological polar surface area (TPSA) is 44.9 Å². The average molecular weight is 290 g/mol. The molecule has 0 aliphatic heterocycles. The van der Waals surface area contributed by atoms with Gasteiger partial charge < -0.3 is 10.3 Å². The van der Waals surface area contributed by atoms with Gasteiger partial charge in [-0.05, 0) is 49.4 Å². The van der Waals surface area contributed by atoms with Gasteiger partial charge in [-0.3, -0.25) is 4.79 Å². The number of aryl methyl sites for hydroxylation is 2. The highest BCUT2D eigenvalue weighted by Crippen LogP contribution is 2.32. The van der Waals surface area contributed by atoms with E-state index in [-0.39, 0.29) is 22.9 Å². The van der Waals surface area contributed by atoms with Gasteiger partial charge in [0.1, 0.15) is 11.6 Å². The fraction of sp³-hybridized carbons (Fsp3) is 0.312. The van der Waals surface area contributed by atoms with Crippen molar-refractivity contribution in [3.05, 3.63) is 63.1 Å². The molecule has 0 spiro atoms. The SMILES string of the molecule is Cc1cc(F)c(NC2CCCc3[nH]c(=O)ccc32)cc1F. The van der Waals surface area contributed by atoms with Crippen LogP contribution in [-0.2, 0) is 6.42 Å². The van der Waals surface area contributed by atoms with Crippen LogP contribution in [0.1, 0.15) is 35.7 Å². The maximum atomic E-state index is 13.9. The number of aromatic nitrogens is 1. The van der Waals surface area contributed by atoms with E-state index in [1.54, 1.807) is 6.07 Å². The Bertz CT molecular complexity index is 740. The molecule has 0 amide bonds. The monoisotopic (exact) mass is 290 g/mol. The van der Waals surface area contributed by atoms with Crippen LogP contribution in [0.2, 0.25) is 0 Å². The Balaban J connectivity index is 1.94. The molecule has 0 radical (unpaired) electrons. The molecular weight excluding hydrogens is 274 g/mol. The van der Waals surface area contributed by atoms with E-state index in [9.17, 15) is 13.6 Å². The zero-order valence-electron chi connectivity index (χ0n) is 11.7. The number of aromatic amines is 1. The summed E-state index contributed by atoms with van der Waals surface area (Å²) in [5.41, 5.74) is 2.12. The number of fused-ring (bicyclic) bond motifs is 1. The summed E-state index contributed by atoms with van der Waals surface area (Å²) in [4.78, 5) is 14.2. The molecule has 5 heteroatoms. The van der Waals surface area contributed by atoms with Gasteiger partial charge in [-0.15, -0.1) is 0 Å². The molecule has 2 N–H and O–H groups in total. The van der Waals surface area contributed by atoms with Gasteiger partial charge in [0.15, 0.2) is 0 Å². The molecule has 1 aliphatic carbocycles. The number of halogens is 2. The summed E-state index contributed by atoms with van der Waals surface area (Å²) in [6.45, 7) is 1.53. The number of rotatable bonds is 2. The number of H-pyrrole nitrogens is 1. The zero-order valence-corrected chi connectivity index (χ0v) is 11.7. The van der Waals surface area contributed by atoms with Crippen molar-refractivity contribution in [1.82, 2.24) is 4.98 Å². The van der Waals surface area contributed by atoms with Gasteiger partial charge in [0, 0.05) is 17.8 Å². The number of pyridine rings is 1. The van der Waals surface area contributed by atoms with Crippen LogP contribution in [0.25, 0.3) is 0 Å². The van der Waals surface area contributed by atoms with E-state index in [0.717, 1.165) is 30.5 Å². The maximum Gasteiger partial charge on any atom is 0.248 e. The molecule has 1 unspecified atom stereocenters. The molecule has 0 saturated carbocycles. The fourth-order valence-electron chi connectivity index (χ4n) is 2.79. The van der Waals surface area contributed by atoms with E-state index in [1.165, 1.54) is 25.1 Å². The summed E-state index contributed by atoms with van der Waals surface area (Å²) in [6, 6.07) is 5.47. The fourth-order valence-corrected chi connectivity index (χ4v) is 2.79. The standard InChI is InChI=1S/C16H16F2N2O/c1-9-7-12(18)15(8-11(9)17)19-13-3-2-4-14-10(13)5-6-16(21)20-14/h5-8,13,19H,2-4H2,1H3,(H,20,21). The van der Waals surface area contributed by atoms with Crippen LogP contribution in [0.4, 0.5) is 14.5 Å². The number of hydrogen-bond acceptors (Lipinski definition) is 2. The summed E-state index contributed by atoms with van der Waals surface area (Å²) < 4.78 is 27.5. The van der Waals surface area contributed by atoms with Crippen molar-refractivity contribution in [1.29, 1.82) is 0 Å². The first kappa shape index (κ1) is 13.8. The van der Waals surface area contributed by atoms with Crippen molar-refractivity contribution in [2.45, 2.75) is 32.2 Å². The van der Waals surface area contributed by atoms with Crippen LogP contribution in [0.5, 0.6) is 0 Å². The lowest BCUT2D eigenvalue weighted by Gasteiger charge is -2.27. The molecule has 1 aliphatic rings. The van der Waals surface area contributed by atoms with Crippen molar-refractivity contribution >= 4 is 5.69 Å². The Kier molecular flexibility index (Phi) is 3.49. The van der Waals surface area contributed by atoms with Crippen LogP contribution in [0.3, 0.4) is 0 Å². The Morgan fingerprint density at radius 1 is 1.24 bits per heavy atom. The number of benzene rings is 1. The smallest absolute Gasteiger partial charge is 0.248 e. The summed E-state index contributed by atoms with van der Waals surface area (Å²) in [6.07, 6.45) is 2.50. The Morgan fingerprint density at radius 2 is 2.05 bits per heavy atom. The third-order valence-corrected chi connectivity index (χ3v) is 3.91. The van der Waals surface area contributed by atoms with Gasteiger partial charge in [-0.1, -0.05) is 0 Å². The minimum atomic E-state index is -0.467. The highest BCUT2D eigenvalue weighted by Gasteiger charge is 2.22. The third-order valence-electron chi connectivity index (χ3n) is 3.91. The van der Waals surface area contributed by atoms with Crippen LogP contribution in [0, 0.1) is 18.6 Å². The van der Waals surface area contributed by atoms with Gasteiger partial charge in [-0.2, -0.15) is 0 Å². The van der Waals surface area contributed by atoms with Crippen molar-refractivity contribution in [2.75, 3.05) is 5.32 Å². The minimum Gasteiger partial charge on any atom is -0.376 e. The van der Waals surface area contributed by atoms with Gasteiger partial charge in [0.05, 0.1) is 11.7 Å². The van der Waals surface area contributed by atoms with E-state index >= 15 is 0 Å². The van der Waals surface area contributed by atoms with E-state index < -0.39 is 11.6 Å². The number of anilines is 1. The van der Waals surface area contributed by atoms with Crippen LogP contribution in [-0.4, -0.2) is 4.98 Å². The predicted octanol–water partition coefficient (Wildman–Crippen LogP) is 3.45. The highest BCUT2D eigenvalue weighted by atomic mass is 19.1. The Hall–Kier alpha value is -2.17. The van der Waals surface area contributed by atoms with Crippen LogP contribution in [0.15, 0.2) is 29.1 Å². The molecule has 3 rings (SSSR count). The van der Waals surface area contributed by atoms with E-state index in [4.69, 9.17) is 0 Å². The van der Waals surface area contributed by atoms with E-state index in [2.05, 4.69) is 10.3 Å². The summed E-state index contributed by atoms with van der Waals surface area (Å²) in [7, 11) is 0. The highest BCUT2D eigenvalue weighted by molar-refractivity contribution is 5.49. The average Bonchev–Trinajstić information content (AvgIpc) is 2.44. The lowest BCUT2D eigenvalue weighted by molar-refractivity contribution is 0.568. The van der Waals surface area contributed by atoms with E-state index in [1.807, 2.05) is 0 Å². The van der Waals surface area contributed by atoms with E-state index in [0.29, 0.717) is 0 Å². The molecule has 110 valence electrons. The molecule has 21 heavy (non-hydrogen) atoms. The first-order valence-corrected chi connectivity index (χ1v) is 6.99. The zero-order chi connectivity index (χ0) is 15.0. The quantitative estimate of drug-likeness (QED) is 0.889. The molecule has 1 aromatic carbocycles. The van der Waals surface area contributed by atoms with Gasteiger partial charge in [-0.25, -0.2) is 8.78 Å². The van der Waals surface area contributed by atoms with Gasteiger partial charge >= 0.3 is 0 Å². The summed E-state index contributed by atoms with van der Waals surface area (Å²) in [5.74, 6) is -0.901. The molecule has 3 nitrogen and oxygen atoms in total. The number of nitrogens with one attached hydrogen (secondary N) is 2. The Labute approximate surface area is 121 Å². The minimum absolute atomic E-state index is 0.123. The van der Waals surface area contributed by atoms with Crippen LogP contribution < -0.4 is 10.9 Å².